The number of carbonyl (C=O) groups is 1. The van der Waals surface area contributed by atoms with Crippen molar-refractivity contribution < 1.29 is 14.3 Å². The maximum atomic E-state index is 12.1. The summed E-state index contributed by atoms with van der Waals surface area (Å²) in [4.78, 5) is 14.6. The van der Waals surface area contributed by atoms with Gasteiger partial charge in [-0.25, -0.2) is 0 Å². The molecule has 144 valence electrons. The van der Waals surface area contributed by atoms with Gasteiger partial charge < -0.3 is 14.8 Å². The smallest absolute Gasteiger partial charge is 0.257 e. The van der Waals surface area contributed by atoms with E-state index in [4.69, 9.17) is 9.47 Å². The van der Waals surface area contributed by atoms with Crippen LogP contribution in [0.1, 0.15) is 18.4 Å². The molecule has 3 rings (SSSR count). The Balaban J connectivity index is 1.40. The van der Waals surface area contributed by atoms with Gasteiger partial charge in [0.15, 0.2) is 18.1 Å². The summed E-state index contributed by atoms with van der Waals surface area (Å²) in [6, 6.07) is 17.9. The second kappa shape index (κ2) is 9.97. The summed E-state index contributed by atoms with van der Waals surface area (Å²) in [7, 11) is 1.59. The summed E-state index contributed by atoms with van der Waals surface area (Å²) in [5.41, 5.74) is 1.34. The zero-order valence-corrected chi connectivity index (χ0v) is 15.9. The Morgan fingerprint density at radius 1 is 1.11 bits per heavy atom. The van der Waals surface area contributed by atoms with E-state index < -0.39 is 0 Å². The molecule has 1 heterocycles. The van der Waals surface area contributed by atoms with Crippen LogP contribution >= 0.6 is 0 Å². The quantitative estimate of drug-likeness (QED) is 0.778. The lowest BCUT2D eigenvalue weighted by Gasteiger charge is -2.32. The van der Waals surface area contributed by atoms with E-state index in [-0.39, 0.29) is 12.5 Å². The van der Waals surface area contributed by atoms with Gasteiger partial charge in [0.1, 0.15) is 0 Å². The van der Waals surface area contributed by atoms with Crippen LogP contribution in [-0.4, -0.2) is 44.2 Å². The zero-order chi connectivity index (χ0) is 18.9. The largest absolute Gasteiger partial charge is 0.493 e. The molecular formula is C22H28N2O3. The number of hydrogen-bond acceptors (Lipinski definition) is 4. The first-order valence-corrected chi connectivity index (χ1v) is 9.53. The summed E-state index contributed by atoms with van der Waals surface area (Å²) in [5, 5.41) is 3.01. The predicted molar refractivity (Wildman–Crippen MR) is 106 cm³/mol. The number of nitrogens with zero attached hydrogens (tertiary/aromatic N) is 1. The molecule has 0 aromatic heterocycles. The molecule has 0 spiro atoms. The number of hydrogen-bond donors (Lipinski definition) is 1. The Kier molecular flexibility index (Phi) is 7.11. The molecule has 1 saturated heterocycles. The van der Waals surface area contributed by atoms with Crippen molar-refractivity contribution in [3.8, 4) is 11.5 Å². The molecule has 1 N–H and O–H groups in total. The molecule has 0 aliphatic carbocycles. The highest BCUT2D eigenvalue weighted by Gasteiger charge is 2.20. The number of amides is 1. The van der Waals surface area contributed by atoms with E-state index in [1.54, 1.807) is 13.2 Å². The van der Waals surface area contributed by atoms with Crippen LogP contribution in [-0.2, 0) is 11.3 Å². The fourth-order valence-electron chi connectivity index (χ4n) is 3.49. The third kappa shape index (κ3) is 6.00. The molecule has 1 atom stereocenters. The normalized spacial score (nSPS) is 17.3. The van der Waals surface area contributed by atoms with Crippen molar-refractivity contribution in [3.05, 3.63) is 60.2 Å². The molecule has 5 nitrogen and oxygen atoms in total. The fourth-order valence-corrected chi connectivity index (χ4v) is 3.49. The van der Waals surface area contributed by atoms with Crippen LogP contribution < -0.4 is 14.8 Å². The highest BCUT2D eigenvalue weighted by Crippen LogP contribution is 2.25. The Morgan fingerprint density at radius 2 is 1.85 bits per heavy atom. The minimum atomic E-state index is -0.0962. The predicted octanol–water partition coefficient (Wildman–Crippen LogP) is 3.10. The van der Waals surface area contributed by atoms with Gasteiger partial charge in [0.2, 0.25) is 0 Å². The Labute approximate surface area is 161 Å². The number of ether oxygens (including phenoxy) is 2. The molecule has 5 heteroatoms. The number of methoxy groups -OCH3 is 1. The average molecular weight is 368 g/mol. The molecular weight excluding hydrogens is 340 g/mol. The van der Waals surface area contributed by atoms with Gasteiger partial charge in [-0.2, -0.15) is 0 Å². The van der Waals surface area contributed by atoms with Crippen molar-refractivity contribution in [2.24, 2.45) is 5.92 Å². The number of carbonyl (C=O) groups excluding carboxylic acids is 1. The molecule has 27 heavy (non-hydrogen) atoms. The molecule has 1 fully saturated rings. The van der Waals surface area contributed by atoms with E-state index in [0.717, 1.165) is 26.1 Å². The topological polar surface area (TPSA) is 50.8 Å². The molecule has 0 saturated carbocycles. The summed E-state index contributed by atoms with van der Waals surface area (Å²) < 4.78 is 10.8. The van der Waals surface area contributed by atoms with Crippen LogP contribution in [0.2, 0.25) is 0 Å². The van der Waals surface area contributed by atoms with Crippen LogP contribution in [0.4, 0.5) is 0 Å². The lowest BCUT2D eigenvalue weighted by molar-refractivity contribution is -0.123. The Bertz CT molecular complexity index is 721. The van der Waals surface area contributed by atoms with E-state index in [9.17, 15) is 4.79 Å². The van der Waals surface area contributed by atoms with Crippen LogP contribution in [0, 0.1) is 5.92 Å². The fraction of sp³-hybridized carbons (Fsp3) is 0.409. The van der Waals surface area contributed by atoms with Gasteiger partial charge in [-0.05, 0) is 43.0 Å². The number of rotatable bonds is 8. The van der Waals surface area contributed by atoms with Crippen molar-refractivity contribution in [1.82, 2.24) is 10.2 Å². The van der Waals surface area contributed by atoms with Gasteiger partial charge in [-0.1, -0.05) is 42.5 Å². The van der Waals surface area contributed by atoms with Crippen molar-refractivity contribution in [3.63, 3.8) is 0 Å². The highest BCUT2D eigenvalue weighted by molar-refractivity contribution is 5.77. The first kappa shape index (κ1) is 19.2. The van der Waals surface area contributed by atoms with Gasteiger partial charge in [0.05, 0.1) is 7.11 Å². The van der Waals surface area contributed by atoms with E-state index >= 15 is 0 Å². The van der Waals surface area contributed by atoms with Crippen molar-refractivity contribution in [2.45, 2.75) is 19.4 Å². The standard InChI is InChI=1S/C22H28N2O3/c1-26-20-11-5-6-12-21(20)27-17-22(25)23-14-19-10-7-13-24(16-19)15-18-8-3-2-4-9-18/h2-6,8-9,11-12,19H,7,10,13-17H2,1H3,(H,23,25)/t19-/m0/s1. The Morgan fingerprint density at radius 3 is 2.63 bits per heavy atom. The van der Waals surface area contributed by atoms with E-state index in [1.807, 2.05) is 24.3 Å². The number of benzene rings is 2. The summed E-state index contributed by atoms with van der Waals surface area (Å²) in [6.45, 7) is 3.81. The molecule has 0 radical (unpaired) electrons. The maximum absolute atomic E-state index is 12.1. The maximum Gasteiger partial charge on any atom is 0.257 e. The highest BCUT2D eigenvalue weighted by atomic mass is 16.5. The van der Waals surface area contributed by atoms with E-state index in [0.29, 0.717) is 24.0 Å². The average Bonchev–Trinajstić information content (AvgIpc) is 2.72. The lowest BCUT2D eigenvalue weighted by atomic mass is 9.97. The van der Waals surface area contributed by atoms with Crippen molar-refractivity contribution in [1.29, 1.82) is 0 Å². The number of nitrogens with one attached hydrogen (secondary N) is 1. The minimum Gasteiger partial charge on any atom is -0.493 e. The molecule has 1 aliphatic heterocycles. The molecule has 2 aromatic carbocycles. The summed E-state index contributed by atoms with van der Waals surface area (Å²) in [5.74, 6) is 1.61. The van der Waals surface area contributed by atoms with Gasteiger partial charge in [-0.3, -0.25) is 9.69 Å². The van der Waals surface area contributed by atoms with E-state index in [1.165, 1.54) is 12.0 Å². The van der Waals surface area contributed by atoms with Crippen LogP contribution in [0.25, 0.3) is 0 Å². The van der Waals surface area contributed by atoms with E-state index in [2.05, 4.69) is 34.5 Å². The molecule has 1 aliphatic rings. The second-order valence-electron chi connectivity index (χ2n) is 6.97. The first-order chi connectivity index (χ1) is 13.2. The zero-order valence-electron chi connectivity index (χ0n) is 15.9. The van der Waals surface area contributed by atoms with Crippen molar-refractivity contribution >= 4 is 5.91 Å². The monoisotopic (exact) mass is 368 g/mol. The number of para-hydroxylation sites is 2. The van der Waals surface area contributed by atoms with Crippen LogP contribution in [0.5, 0.6) is 11.5 Å². The minimum absolute atomic E-state index is 0.000816. The number of likely N-dealkylation sites (tertiary alicyclic amines) is 1. The van der Waals surface area contributed by atoms with Gasteiger partial charge in [0.25, 0.3) is 5.91 Å². The molecule has 0 unspecified atom stereocenters. The number of piperidine rings is 1. The first-order valence-electron chi connectivity index (χ1n) is 9.53. The van der Waals surface area contributed by atoms with Gasteiger partial charge >= 0.3 is 0 Å². The summed E-state index contributed by atoms with van der Waals surface area (Å²) in [6.07, 6.45) is 2.32. The van der Waals surface area contributed by atoms with Gasteiger partial charge in [-0.15, -0.1) is 0 Å². The molecule has 2 aromatic rings. The second-order valence-corrected chi connectivity index (χ2v) is 6.97. The van der Waals surface area contributed by atoms with Crippen LogP contribution in [0.15, 0.2) is 54.6 Å². The lowest BCUT2D eigenvalue weighted by Crippen LogP contribution is -2.41. The SMILES string of the molecule is COc1ccccc1OCC(=O)NC[C@@H]1CCCN(Cc2ccccc2)C1. The molecule has 1 amide bonds. The summed E-state index contributed by atoms with van der Waals surface area (Å²) >= 11 is 0. The third-order valence-corrected chi connectivity index (χ3v) is 4.87. The Hall–Kier alpha value is -2.53. The van der Waals surface area contributed by atoms with Crippen LogP contribution in [0.3, 0.4) is 0 Å². The third-order valence-electron chi connectivity index (χ3n) is 4.87. The van der Waals surface area contributed by atoms with Crippen molar-refractivity contribution in [2.75, 3.05) is 33.4 Å². The van der Waals surface area contributed by atoms with Gasteiger partial charge in [0, 0.05) is 19.6 Å². The molecule has 0 bridgehead atoms.